The van der Waals surface area contributed by atoms with E-state index < -0.39 is 0 Å². The molecule has 2 aromatic heterocycles. The van der Waals surface area contributed by atoms with Gasteiger partial charge in [0.1, 0.15) is 4.83 Å². The van der Waals surface area contributed by atoms with Crippen LogP contribution < -0.4 is 15.8 Å². The van der Waals surface area contributed by atoms with Gasteiger partial charge >= 0.3 is 0 Å². The number of nitrogens with one attached hydrogen (secondary N) is 1. The summed E-state index contributed by atoms with van der Waals surface area (Å²) in [5.74, 6) is 0.684. The Hall–Kier alpha value is -2.58. The molecule has 0 saturated heterocycles. The van der Waals surface area contributed by atoms with Crippen molar-refractivity contribution in [2.24, 2.45) is 5.92 Å². The number of thioether (sulfide) groups is 1. The lowest BCUT2D eigenvalue weighted by molar-refractivity contribution is -0.113. The summed E-state index contributed by atoms with van der Waals surface area (Å²) in [5.41, 5.74) is 3.05. The summed E-state index contributed by atoms with van der Waals surface area (Å²) in [6.07, 6.45) is 4.75. The molecular weight excluding hydrogens is 464 g/mol. The summed E-state index contributed by atoms with van der Waals surface area (Å²) in [6, 6.07) is 7.88. The number of allylic oxidation sites excluding steroid dienone is 1. The van der Waals surface area contributed by atoms with Crippen LogP contribution in [0.1, 0.15) is 37.6 Å². The quantitative estimate of drug-likeness (QED) is 0.246. The molecule has 1 N–H and O–H groups in total. The molecule has 0 radical (unpaired) electrons. The topological polar surface area (TPSA) is 67.2 Å². The number of aromatic nitrogens is 2. The van der Waals surface area contributed by atoms with Crippen molar-refractivity contribution in [1.82, 2.24) is 9.55 Å². The minimum absolute atomic E-state index is 0.0214. The van der Waals surface area contributed by atoms with Gasteiger partial charge in [-0.2, -0.15) is 0 Å². The van der Waals surface area contributed by atoms with Crippen molar-refractivity contribution < 1.29 is 4.79 Å². The summed E-state index contributed by atoms with van der Waals surface area (Å²) in [4.78, 5) is 35.2. The second-order valence-electron chi connectivity index (χ2n) is 8.69. The van der Waals surface area contributed by atoms with Gasteiger partial charge < -0.3 is 10.2 Å². The Bertz CT molecular complexity index is 1240. The van der Waals surface area contributed by atoms with E-state index in [0.29, 0.717) is 17.6 Å². The molecule has 8 heteroatoms. The number of carbonyl (C=O) groups excluding carboxylic acids is 1. The van der Waals surface area contributed by atoms with Crippen molar-refractivity contribution in [2.45, 2.75) is 51.7 Å². The molecule has 0 spiro atoms. The highest BCUT2D eigenvalue weighted by molar-refractivity contribution is 7.99. The van der Waals surface area contributed by atoms with Crippen molar-refractivity contribution in [1.29, 1.82) is 0 Å². The third kappa shape index (κ3) is 5.08. The number of fused-ring (bicyclic) bond motifs is 3. The summed E-state index contributed by atoms with van der Waals surface area (Å²) in [7, 11) is 0. The minimum atomic E-state index is -0.126. The summed E-state index contributed by atoms with van der Waals surface area (Å²) in [5, 5.41) is 4.28. The lowest BCUT2D eigenvalue weighted by Crippen LogP contribution is -2.24. The first-order chi connectivity index (χ1) is 16.4. The molecule has 0 fully saturated rings. The number of rotatable bonds is 9. The molecule has 1 unspecified atom stereocenters. The van der Waals surface area contributed by atoms with Crippen molar-refractivity contribution in [3.63, 3.8) is 0 Å². The Labute approximate surface area is 209 Å². The van der Waals surface area contributed by atoms with Crippen LogP contribution in [0.25, 0.3) is 10.2 Å². The van der Waals surface area contributed by atoms with Gasteiger partial charge in [-0.05, 0) is 68.9 Å². The van der Waals surface area contributed by atoms with E-state index in [1.54, 1.807) is 22.0 Å². The number of hydrogen-bond acceptors (Lipinski definition) is 6. The molecule has 0 aliphatic heterocycles. The minimum Gasteiger partial charge on any atom is -0.372 e. The average Bonchev–Trinajstić information content (AvgIpc) is 3.19. The summed E-state index contributed by atoms with van der Waals surface area (Å²) >= 11 is 2.93. The van der Waals surface area contributed by atoms with Crippen LogP contribution in [0.2, 0.25) is 0 Å². The average molecular weight is 497 g/mol. The fourth-order valence-electron chi connectivity index (χ4n) is 4.48. The van der Waals surface area contributed by atoms with E-state index in [4.69, 9.17) is 4.98 Å². The normalized spacial score (nSPS) is 15.2. The number of hydrogen-bond donors (Lipinski definition) is 1. The van der Waals surface area contributed by atoms with Gasteiger partial charge in [0.25, 0.3) is 5.56 Å². The second kappa shape index (κ2) is 10.8. The molecule has 1 aliphatic rings. The van der Waals surface area contributed by atoms with Crippen LogP contribution in [-0.4, -0.2) is 34.3 Å². The summed E-state index contributed by atoms with van der Waals surface area (Å²) in [6.45, 7) is 12.6. The highest BCUT2D eigenvalue weighted by Gasteiger charge is 2.24. The standard InChI is InChI=1S/C26H32N4O2S2/c1-5-14-30-25(32)23-20-13-8-17(4)15-21(20)34-24(23)28-26(30)33-16-22(31)27-18-9-11-19(12-10-18)29(6-2)7-3/h5,9-12,17H,1,6-8,13-16H2,2-4H3,(H,27,31). The number of nitrogens with zero attached hydrogens (tertiary/aromatic N) is 3. The van der Waals surface area contributed by atoms with Crippen molar-refractivity contribution in [3.8, 4) is 0 Å². The zero-order chi connectivity index (χ0) is 24.2. The molecule has 1 amide bonds. The Morgan fingerprint density at radius 3 is 2.74 bits per heavy atom. The van der Waals surface area contributed by atoms with Crippen LogP contribution in [0, 0.1) is 5.92 Å². The number of thiophene rings is 1. The Morgan fingerprint density at radius 2 is 2.06 bits per heavy atom. The molecule has 180 valence electrons. The highest BCUT2D eigenvalue weighted by Crippen LogP contribution is 2.36. The summed E-state index contributed by atoms with van der Waals surface area (Å²) < 4.78 is 1.65. The SMILES string of the molecule is C=CCn1c(SCC(=O)Nc2ccc(N(CC)CC)cc2)nc2sc3c(c2c1=O)CCC(C)C3. The van der Waals surface area contributed by atoms with Crippen LogP contribution in [0.4, 0.5) is 11.4 Å². The molecule has 0 saturated carbocycles. The van der Waals surface area contributed by atoms with Crippen LogP contribution >= 0.6 is 23.1 Å². The van der Waals surface area contributed by atoms with E-state index in [9.17, 15) is 9.59 Å². The van der Waals surface area contributed by atoms with Crippen LogP contribution in [0.15, 0.2) is 46.9 Å². The third-order valence-corrected chi connectivity index (χ3v) is 8.43. The first-order valence-electron chi connectivity index (χ1n) is 11.9. The molecule has 0 bridgehead atoms. The number of anilines is 2. The predicted molar refractivity (Wildman–Crippen MR) is 145 cm³/mol. The maximum absolute atomic E-state index is 13.4. The lowest BCUT2D eigenvalue weighted by Gasteiger charge is -2.21. The van der Waals surface area contributed by atoms with Gasteiger partial charge in [0, 0.05) is 35.9 Å². The third-order valence-electron chi connectivity index (χ3n) is 6.30. The van der Waals surface area contributed by atoms with Gasteiger partial charge in [-0.25, -0.2) is 4.98 Å². The first-order valence-corrected chi connectivity index (χ1v) is 13.7. The van der Waals surface area contributed by atoms with E-state index in [-0.39, 0.29) is 17.2 Å². The predicted octanol–water partition coefficient (Wildman–Crippen LogP) is 5.35. The fourth-order valence-corrected chi connectivity index (χ4v) is 6.71. The molecule has 1 aliphatic carbocycles. The van der Waals surface area contributed by atoms with Gasteiger partial charge in [-0.3, -0.25) is 14.2 Å². The van der Waals surface area contributed by atoms with Crippen molar-refractivity contribution in [2.75, 3.05) is 29.1 Å². The van der Waals surface area contributed by atoms with E-state index in [1.165, 1.54) is 22.2 Å². The molecule has 1 atom stereocenters. The van der Waals surface area contributed by atoms with E-state index in [1.807, 2.05) is 24.3 Å². The van der Waals surface area contributed by atoms with Crippen molar-refractivity contribution >= 4 is 50.6 Å². The van der Waals surface area contributed by atoms with E-state index in [0.717, 1.165) is 53.9 Å². The number of carbonyl (C=O) groups is 1. The lowest BCUT2D eigenvalue weighted by atomic mass is 9.89. The van der Waals surface area contributed by atoms with Gasteiger partial charge in [-0.15, -0.1) is 17.9 Å². The van der Waals surface area contributed by atoms with Gasteiger partial charge in [-0.1, -0.05) is 24.8 Å². The van der Waals surface area contributed by atoms with Gasteiger partial charge in [0.05, 0.1) is 11.1 Å². The Morgan fingerprint density at radius 1 is 1.32 bits per heavy atom. The maximum atomic E-state index is 13.4. The monoisotopic (exact) mass is 496 g/mol. The van der Waals surface area contributed by atoms with Gasteiger partial charge in [0.15, 0.2) is 5.16 Å². The van der Waals surface area contributed by atoms with Crippen LogP contribution in [-0.2, 0) is 24.2 Å². The molecule has 4 rings (SSSR count). The van der Waals surface area contributed by atoms with Crippen LogP contribution in [0.5, 0.6) is 0 Å². The Kier molecular flexibility index (Phi) is 7.78. The number of amides is 1. The fraction of sp³-hybridized carbons (Fsp3) is 0.423. The van der Waals surface area contributed by atoms with Gasteiger partial charge in [0.2, 0.25) is 5.91 Å². The molecule has 2 heterocycles. The molecule has 3 aromatic rings. The second-order valence-corrected chi connectivity index (χ2v) is 10.7. The van der Waals surface area contributed by atoms with E-state index in [2.05, 4.69) is 37.6 Å². The molecule has 1 aromatic carbocycles. The van der Waals surface area contributed by atoms with Crippen LogP contribution in [0.3, 0.4) is 0 Å². The highest BCUT2D eigenvalue weighted by atomic mass is 32.2. The molecule has 6 nitrogen and oxygen atoms in total. The Balaban J connectivity index is 1.51. The zero-order valence-electron chi connectivity index (χ0n) is 20.1. The zero-order valence-corrected chi connectivity index (χ0v) is 21.7. The largest absolute Gasteiger partial charge is 0.372 e. The maximum Gasteiger partial charge on any atom is 0.263 e. The van der Waals surface area contributed by atoms with E-state index >= 15 is 0 Å². The van der Waals surface area contributed by atoms with Crippen molar-refractivity contribution in [3.05, 3.63) is 57.7 Å². The number of benzene rings is 1. The molecule has 34 heavy (non-hydrogen) atoms. The number of aryl methyl sites for hydroxylation is 1. The first kappa shape index (κ1) is 24.5. The smallest absolute Gasteiger partial charge is 0.263 e. The molecular formula is C26H32N4O2S2.